The molecule has 0 radical (unpaired) electrons. The summed E-state index contributed by atoms with van der Waals surface area (Å²) < 4.78 is 11.8. The zero-order valence-electron chi connectivity index (χ0n) is 13.7. The van der Waals surface area contributed by atoms with Gasteiger partial charge in [-0.05, 0) is 12.1 Å². The predicted octanol–water partition coefficient (Wildman–Crippen LogP) is 4.48. The van der Waals surface area contributed by atoms with E-state index in [0.717, 1.165) is 28.2 Å². The lowest BCUT2D eigenvalue weighted by molar-refractivity contribution is 0.0917. The van der Waals surface area contributed by atoms with Crippen molar-refractivity contribution in [2.24, 2.45) is 11.8 Å². The molecular formula is C22H16O3. The van der Waals surface area contributed by atoms with Gasteiger partial charge in [-0.3, -0.25) is 4.79 Å². The Labute approximate surface area is 145 Å². The number of hydrogen-bond donors (Lipinski definition) is 0. The third kappa shape index (κ3) is 1.89. The number of hydrogen-bond acceptors (Lipinski definition) is 3. The third-order valence-corrected chi connectivity index (χ3v) is 5.14. The Morgan fingerprint density at radius 3 is 2.68 bits per heavy atom. The van der Waals surface area contributed by atoms with Crippen LogP contribution in [0.3, 0.4) is 0 Å². The van der Waals surface area contributed by atoms with Crippen LogP contribution in [0.4, 0.5) is 0 Å². The van der Waals surface area contributed by atoms with Gasteiger partial charge in [0.05, 0.1) is 18.9 Å². The summed E-state index contributed by atoms with van der Waals surface area (Å²) in [5, 5.41) is 0. The standard InChI is InChI=1S/C22H16O3/c1-24-16-11-5-9-14-18(16)20-19-15(21(14)23)10-6-12-17(19)25-22(20)13-7-3-2-4-8-13/h2-12,15,19H,1H3. The molecule has 3 nitrogen and oxygen atoms in total. The Morgan fingerprint density at radius 2 is 1.88 bits per heavy atom. The molecule has 0 saturated carbocycles. The summed E-state index contributed by atoms with van der Waals surface area (Å²) in [5.74, 6) is 2.22. The summed E-state index contributed by atoms with van der Waals surface area (Å²) >= 11 is 0. The smallest absolute Gasteiger partial charge is 0.171 e. The lowest BCUT2D eigenvalue weighted by Crippen LogP contribution is -2.30. The summed E-state index contributed by atoms with van der Waals surface area (Å²) in [4.78, 5) is 13.1. The molecular weight excluding hydrogens is 312 g/mol. The van der Waals surface area contributed by atoms with Gasteiger partial charge in [0.25, 0.3) is 0 Å². The maximum absolute atomic E-state index is 13.1. The van der Waals surface area contributed by atoms with E-state index in [1.807, 2.05) is 66.8 Å². The summed E-state index contributed by atoms with van der Waals surface area (Å²) in [6, 6.07) is 15.7. The van der Waals surface area contributed by atoms with Crippen molar-refractivity contribution in [3.8, 4) is 5.75 Å². The van der Waals surface area contributed by atoms with Gasteiger partial charge in [-0.1, -0.05) is 54.6 Å². The van der Waals surface area contributed by atoms with E-state index in [0.29, 0.717) is 11.3 Å². The monoisotopic (exact) mass is 328 g/mol. The number of fused-ring (bicyclic) bond motifs is 2. The fraction of sp³-hybridized carbons (Fsp3) is 0.136. The molecule has 3 heteroatoms. The number of allylic oxidation sites excluding steroid dienone is 4. The van der Waals surface area contributed by atoms with Gasteiger partial charge in [0.15, 0.2) is 5.78 Å². The first-order valence-corrected chi connectivity index (χ1v) is 8.37. The number of carbonyl (C=O) groups is 1. The Kier molecular flexibility index (Phi) is 2.98. The molecule has 2 unspecified atom stereocenters. The molecule has 2 aliphatic carbocycles. The van der Waals surface area contributed by atoms with Gasteiger partial charge >= 0.3 is 0 Å². The minimum atomic E-state index is -0.212. The molecule has 0 aromatic heterocycles. The van der Waals surface area contributed by atoms with Gasteiger partial charge in [0.1, 0.15) is 17.3 Å². The van der Waals surface area contributed by atoms with Crippen LogP contribution in [0.2, 0.25) is 0 Å². The zero-order valence-corrected chi connectivity index (χ0v) is 13.7. The molecule has 0 spiro atoms. The first-order chi connectivity index (χ1) is 12.3. The minimum Gasteiger partial charge on any atom is -0.496 e. The highest BCUT2D eigenvalue weighted by Crippen LogP contribution is 2.55. The van der Waals surface area contributed by atoms with Crippen molar-refractivity contribution in [1.82, 2.24) is 0 Å². The van der Waals surface area contributed by atoms with Crippen LogP contribution in [-0.2, 0) is 4.74 Å². The van der Waals surface area contributed by atoms with Gasteiger partial charge in [-0.15, -0.1) is 0 Å². The molecule has 0 amide bonds. The van der Waals surface area contributed by atoms with E-state index in [1.54, 1.807) is 7.11 Å². The lowest BCUT2D eigenvalue weighted by Gasteiger charge is -2.31. The summed E-state index contributed by atoms with van der Waals surface area (Å²) in [6.07, 6.45) is 5.87. The topological polar surface area (TPSA) is 35.5 Å². The Morgan fingerprint density at radius 1 is 1.04 bits per heavy atom. The van der Waals surface area contributed by atoms with Crippen molar-refractivity contribution in [1.29, 1.82) is 0 Å². The van der Waals surface area contributed by atoms with Crippen molar-refractivity contribution in [2.75, 3.05) is 7.11 Å². The minimum absolute atomic E-state index is 0.0727. The average molecular weight is 328 g/mol. The molecule has 1 aliphatic heterocycles. The van der Waals surface area contributed by atoms with Crippen LogP contribution in [-0.4, -0.2) is 12.9 Å². The van der Waals surface area contributed by atoms with E-state index >= 15 is 0 Å². The number of ether oxygens (including phenoxy) is 2. The Bertz CT molecular complexity index is 980. The van der Waals surface area contributed by atoms with Gasteiger partial charge in [-0.2, -0.15) is 0 Å². The summed E-state index contributed by atoms with van der Waals surface area (Å²) in [6.45, 7) is 0. The normalized spacial score (nSPS) is 22.9. The molecule has 122 valence electrons. The van der Waals surface area contributed by atoms with E-state index in [-0.39, 0.29) is 17.6 Å². The van der Waals surface area contributed by atoms with Crippen molar-refractivity contribution in [3.05, 3.63) is 89.2 Å². The van der Waals surface area contributed by atoms with Gasteiger partial charge < -0.3 is 9.47 Å². The van der Waals surface area contributed by atoms with Gasteiger partial charge in [-0.25, -0.2) is 0 Å². The second-order valence-electron chi connectivity index (χ2n) is 6.42. The Hall–Kier alpha value is -3.07. The Balaban J connectivity index is 1.86. The number of carbonyl (C=O) groups excluding carboxylic acids is 1. The molecule has 0 fully saturated rings. The molecule has 2 atom stereocenters. The summed E-state index contributed by atoms with van der Waals surface area (Å²) in [7, 11) is 1.64. The SMILES string of the molecule is COc1cccc2c1C1=C(c3ccccc3)OC3=CC=CC(C2=O)C31. The maximum atomic E-state index is 13.1. The highest BCUT2D eigenvalue weighted by molar-refractivity contribution is 6.13. The van der Waals surface area contributed by atoms with Gasteiger partial charge in [0.2, 0.25) is 0 Å². The van der Waals surface area contributed by atoms with E-state index in [9.17, 15) is 4.79 Å². The first-order valence-electron chi connectivity index (χ1n) is 8.37. The maximum Gasteiger partial charge on any atom is 0.171 e. The van der Waals surface area contributed by atoms with Crippen LogP contribution in [0.15, 0.2) is 72.5 Å². The number of ketones is 1. The molecule has 3 aliphatic rings. The van der Waals surface area contributed by atoms with Crippen LogP contribution in [0.1, 0.15) is 21.5 Å². The van der Waals surface area contributed by atoms with Crippen LogP contribution in [0, 0.1) is 11.8 Å². The highest BCUT2D eigenvalue weighted by Gasteiger charge is 2.48. The second-order valence-corrected chi connectivity index (χ2v) is 6.42. The molecule has 5 rings (SSSR count). The van der Waals surface area contributed by atoms with Crippen molar-refractivity contribution in [2.45, 2.75) is 0 Å². The third-order valence-electron chi connectivity index (χ3n) is 5.14. The summed E-state index contributed by atoms with van der Waals surface area (Å²) in [5.41, 5.74) is 3.64. The fourth-order valence-electron chi connectivity index (χ4n) is 4.07. The first kappa shape index (κ1) is 14.3. The molecule has 1 heterocycles. The zero-order chi connectivity index (χ0) is 17.0. The van der Waals surface area contributed by atoms with E-state index < -0.39 is 0 Å². The quantitative estimate of drug-likeness (QED) is 0.815. The number of benzene rings is 2. The van der Waals surface area contributed by atoms with Crippen molar-refractivity contribution < 1.29 is 14.3 Å². The van der Waals surface area contributed by atoms with Crippen LogP contribution in [0.25, 0.3) is 11.3 Å². The number of methoxy groups -OCH3 is 1. The van der Waals surface area contributed by atoms with Crippen LogP contribution in [0.5, 0.6) is 5.75 Å². The van der Waals surface area contributed by atoms with Gasteiger partial charge in [0, 0.05) is 22.3 Å². The van der Waals surface area contributed by atoms with E-state index in [1.165, 1.54) is 0 Å². The lowest BCUT2D eigenvalue weighted by atomic mass is 9.69. The molecule has 0 saturated heterocycles. The largest absolute Gasteiger partial charge is 0.496 e. The average Bonchev–Trinajstić information content (AvgIpc) is 3.06. The van der Waals surface area contributed by atoms with E-state index in [2.05, 4.69) is 0 Å². The molecule has 2 aromatic rings. The predicted molar refractivity (Wildman–Crippen MR) is 95.9 cm³/mol. The van der Waals surface area contributed by atoms with Crippen molar-refractivity contribution >= 4 is 17.1 Å². The van der Waals surface area contributed by atoms with Crippen LogP contribution < -0.4 is 4.74 Å². The molecule has 2 aromatic carbocycles. The van der Waals surface area contributed by atoms with Crippen molar-refractivity contribution in [3.63, 3.8) is 0 Å². The molecule has 0 N–H and O–H groups in total. The second kappa shape index (κ2) is 5.21. The molecule has 0 bridgehead atoms. The fourth-order valence-corrected chi connectivity index (χ4v) is 4.07. The number of Topliss-reactive ketones (excluding diaryl/α,β-unsaturated/α-hetero) is 1. The number of rotatable bonds is 2. The highest BCUT2D eigenvalue weighted by atomic mass is 16.5. The van der Waals surface area contributed by atoms with Crippen LogP contribution >= 0.6 is 0 Å². The molecule has 25 heavy (non-hydrogen) atoms. The van der Waals surface area contributed by atoms with E-state index in [4.69, 9.17) is 9.47 Å².